The number of carbonyl (C=O) groups is 1. The van der Waals surface area contributed by atoms with Crippen LogP contribution in [-0.2, 0) is 10.6 Å². The van der Waals surface area contributed by atoms with Crippen LogP contribution in [0.2, 0.25) is 0 Å². The Kier molecular flexibility index (Phi) is 6.07. The second-order valence-electron chi connectivity index (χ2n) is 6.29. The lowest BCUT2D eigenvalue weighted by atomic mass is 10.2. The molecule has 0 atom stereocenters. The Hall–Kier alpha value is -4.26. The number of ether oxygens (including phenoxy) is 1. The first-order chi connectivity index (χ1) is 15.5. The smallest absolute Gasteiger partial charge is 0.358 e. The third kappa shape index (κ3) is 4.57. The molecular weight excluding hydrogens is 436 g/mol. The minimum absolute atomic E-state index is 0.00515. The summed E-state index contributed by atoms with van der Waals surface area (Å²) in [5, 5.41) is 28.0. The molecule has 0 saturated carbocycles. The van der Waals surface area contributed by atoms with E-state index in [4.69, 9.17) is 0 Å². The van der Waals surface area contributed by atoms with E-state index in [1.165, 1.54) is 42.0 Å². The van der Waals surface area contributed by atoms with Gasteiger partial charge in [0.25, 0.3) is 5.69 Å². The maximum atomic E-state index is 11.5. The summed E-state index contributed by atoms with van der Waals surface area (Å²) in [5.41, 5.74) is 1.58. The molecule has 0 aliphatic carbocycles. The van der Waals surface area contributed by atoms with Crippen molar-refractivity contribution in [2.24, 2.45) is 5.10 Å². The van der Waals surface area contributed by atoms with Crippen molar-refractivity contribution in [3.63, 3.8) is 0 Å². The third-order valence-corrected chi connectivity index (χ3v) is 5.20. The van der Waals surface area contributed by atoms with Crippen LogP contribution in [0.5, 0.6) is 0 Å². The molecule has 0 radical (unpaired) electrons. The molecule has 12 nitrogen and oxygen atoms in total. The number of non-ortho nitro benzene ring substituents is 1. The summed E-state index contributed by atoms with van der Waals surface area (Å²) >= 11 is 1.32. The van der Waals surface area contributed by atoms with E-state index in [9.17, 15) is 14.9 Å². The summed E-state index contributed by atoms with van der Waals surface area (Å²) in [6.07, 6.45) is 6.52. The van der Waals surface area contributed by atoms with Crippen molar-refractivity contribution in [2.75, 3.05) is 7.11 Å². The molecule has 0 amide bonds. The lowest BCUT2D eigenvalue weighted by Crippen LogP contribution is -2.04. The molecule has 0 fully saturated rings. The number of esters is 1. The van der Waals surface area contributed by atoms with E-state index in [0.717, 1.165) is 0 Å². The molecule has 162 valence electrons. The highest BCUT2D eigenvalue weighted by atomic mass is 32.2. The van der Waals surface area contributed by atoms with Gasteiger partial charge in [-0.3, -0.25) is 14.8 Å². The molecule has 0 bridgehead atoms. The number of nitrogens with zero attached hydrogens (tertiary/aromatic N) is 8. The summed E-state index contributed by atoms with van der Waals surface area (Å²) < 4.78 is 9.50. The number of hydrogen-bond acceptors (Lipinski definition) is 9. The molecule has 4 rings (SSSR count). The van der Waals surface area contributed by atoms with Gasteiger partial charge in [0.15, 0.2) is 5.69 Å². The second-order valence-corrected chi connectivity index (χ2v) is 7.20. The van der Waals surface area contributed by atoms with Gasteiger partial charge in [0.2, 0.25) is 5.16 Å². The molecule has 0 N–H and O–H groups in total. The van der Waals surface area contributed by atoms with E-state index in [2.05, 4.69) is 25.1 Å². The summed E-state index contributed by atoms with van der Waals surface area (Å²) in [5.74, 6) is -0.122. The van der Waals surface area contributed by atoms with E-state index in [-0.39, 0.29) is 11.4 Å². The van der Waals surface area contributed by atoms with Crippen LogP contribution in [0.3, 0.4) is 0 Å². The zero-order valence-corrected chi connectivity index (χ0v) is 17.5. The van der Waals surface area contributed by atoms with E-state index in [0.29, 0.717) is 22.4 Å². The van der Waals surface area contributed by atoms with Crippen LogP contribution in [0.25, 0.3) is 5.69 Å². The zero-order chi connectivity index (χ0) is 22.5. The van der Waals surface area contributed by atoms with Gasteiger partial charge in [0.05, 0.1) is 35.5 Å². The Labute approximate surface area is 185 Å². The third-order valence-electron chi connectivity index (χ3n) is 4.27. The molecule has 0 aliphatic heterocycles. The van der Waals surface area contributed by atoms with E-state index < -0.39 is 10.9 Å². The molecule has 4 aromatic rings. The van der Waals surface area contributed by atoms with Gasteiger partial charge in [-0.1, -0.05) is 17.8 Å². The maximum Gasteiger partial charge on any atom is 0.358 e. The number of hydrogen-bond donors (Lipinski definition) is 0. The molecule has 0 spiro atoms. The monoisotopic (exact) mass is 452 g/mol. The topological polar surface area (TPSA) is 135 Å². The first-order valence-corrected chi connectivity index (χ1v) is 10.1. The van der Waals surface area contributed by atoms with Crippen LogP contribution in [0.4, 0.5) is 5.69 Å². The van der Waals surface area contributed by atoms with Crippen molar-refractivity contribution in [1.29, 1.82) is 0 Å². The van der Waals surface area contributed by atoms with Crippen LogP contribution in [0.1, 0.15) is 16.2 Å². The Balaban J connectivity index is 1.48. The van der Waals surface area contributed by atoms with Crippen LogP contribution in [0.15, 0.2) is 71.4 Å². The van der Waals surface area contributed by atoms with Crippen molar-refractivity contribution in [3.05, 3.63) is 82.7 Å². The Bertz CT molecular complexity index is 1290. The first kappa shape index (κ1) is 21.0. The van der Waals surface area contributed by atoms with Gasteiger partial charge >= 0.3 is 5.97 Å². The normalized spacial score (nSPS) is 11.2. The molecular formula is C19H16N8O4S. The Morgan fingerprint density at radius 3 is 2.97 bits per heavy atom. The standard InChI is InChI=1S/C19H16N8O4S/c1-31-18(28)17-7-9-24(23-17)13-32-19-22-20-12-26(19)21-11-16-6-3-8-25(16)14-4-2-5-15(10-14)27(29)30/h2-12H,13H2,1H3/b21-11+. The SMILES string of the molecule is COC(=O)c1ccn(CSc2nncn2/N=C/c2cccn2-c2cccc([N+](=O)[O-])c2)n1. The minimum atomic E-state index is -0.506. The van der Waals surface area contributed by atoms with Gasteiger partial charge in [-0.2, -0.15) is 14.9 Å². The van der Waals surface area contributed by atoms with Gasteiger partial charge < -0.3 is 9.30 Å². The second kappa shape index (κ2) is 9.26. The number of rotatable bonds is 8. The fourth-order valence-electron chi connectivity index (χ4n) is 2.78. The van der Waals surface area contributed by atoms with Crippen LogP contribution >= 0.6 is 11.8 Å². The Morgan fingerprint density at radius 2 is 2.16 bits per heavy atom. The largest absolute Gasteiger partial charge is 0.464 e. The average molecular weight is 452 g/mol. The van der Waals surface area contributed by atoms with Gasteiger partial charge in [-0.15, -0.1) is 10.2 Å². The first-order valence-electron chi connectivity index (χ1n) is 9.16. The highest BCUT2D eigenvalue weighted by Gasteiger charge is 2.11. The van der Waals surface area contributed by atoms with E-state index in [1.54, 1.807) is 46.1 Å². The van der Waals surface area contributed by atoms with Crippen LogP contribution in [-0.4, -0.2) is 53.4 Å². The fourth-order valence-corrected chi connectivity index (χ4v) is 3.50. The molecule has 0 saturated heterocycles. The molecule has 3 heterocycles. The van der Waals surface area contributed by atoms with E-state index in [1.807, 2.05) is 12.1 Å². The zero-order valence-electron chi connectivity index (χ0n) is 16.7. The van der Waals surface area contributed by atoms with Gasteiger partial charge in [-0.25, -0.2) is 4.79 Å². The minimum Gasteiger partial charge on any atom is -0.464 e. The van der Waals surface area contributed by atoms with Crippen molar-refractivity contribution in [2.45, 2.75) is 11.0 Å². The van der Waals surface area contributed by atoms with Crippen LogP contribution < -0.4 is 0 Å². The lowest BCUT2D eigenvalue weighted by molar-refractivity contribution is -0.384. The number of benzene rings is 1. The van der Waals surface area contributed by atoms with Gasteiger partial charge in [0.1, 0.15) is 6.33 Å². The summed E-state index contributed by atoms with van der Waals surface area (Å²) in [7, 11) is 1.30. The number of thioether (sulfide) groups is 1. The van der Waals surface area contributed by atoms with Gasteiger partial charge in [0, 0.05) is 24.5 Å². The quantitative estimate of drug-likeness (QED) is 0.131. The number of carbonyl (C=O) groups excluding carboxylic acids is 1. The maximum absolute atomic E-state index is 11.5. The fraction of sp³-hybridized carbons (Fsp3) is 0.105. The molecule has 3 aromatic heterocycles. The number of nitro benzene ring substituents is 1. The number of nitro groups is 1. The number of aromatic nitrogens is 6. The van der Waals surface area contributed by atoms with Crippen LogP contribution in [0, 0.1) is 10.1 Å². The molecule has 32 heavy (non-hydrogen) atoms. The van der Waals surface area contributed by atoms with Crippen molar-refractivity contribution in [3.8, 4) is 5.69 Å². The van der Waals surface area contributed by atoms with E-state index >= 15 is 0 Å². The predicted molar refractivity (Wildman–Crippen MR) is 115 cm³/mol. The lowest BCUT2D eigenvalue weighted by Gasteiger charge is -2.06. The predicted octanol–water partition coefficient (Wildman–Crippen LogP) is 2.59. The highest BCUT2D eigenvalue weighted by Crippen LogP contribution is 2.19. The Morgan fingerprint density at radius 1 is 1.28 bits per heavy atom. The molecule has 1 aromatic carbocycles. The summed E-state index contributed by atoms with van der Waals surface area (Å²) in [4.78, 5) is 22.1. The average Bonchev–Trinajstić information content (AvgIpc) is 3.56. The van der Waals surface area contributed by atoms with Crippen molar-refractivity contribution < 1.29 is 14.5 Å². The number of methoxy groups -OCH3 is 1. The molecule has 0 unspecified atom stereocenters. The van der Waals surface area contributed by atoms with Crippen molar-refractivity contribution in [1.82, 2.24) is 29.2 Å². The molecule has 0 aliphatic rings. The van der Waals surface area contributed by atoms with Crippen molar-refractivity contribution >= 4 is 29.6 Å². The summed E-state index contributed by atoms with van der Waals surface area (Å²) in [6.45, 7) is 0. The highest BCUT2D eigenvalue weighted by molar-refractivity contribution is 7.98. The molecule has 13 heteroatoms. The van der Waals surface area contributed by atoms with Gasteiger partial charge in [-0.05, 0) is 24.3 Å². The summed E-state index contributed by atoms with van der Waals surface area (Å²) in [6, 6.07) is 11.5.